The van der Waals surface area contributed by atoms with E-state index in [4.69, 9.17) is 10.2 Å². The van der Waals surface area contributed by atoms with Crippen molar-refractivity contribution in [3.63, 3.8) is 0 Å². The van der Waals surface area contributed by atoms with Crippen LogP contribution in [0.5, 0.6) is 0 Å². The van der Waals surface area contributed by atoms with Crippen molar-refractivity contribution in [3.8, 4) is 22.5 Å². The van der Waals surface area contributed by atoms with Crippen molar-refractivity contribution in [2.45, 2.75) is 59.5 Å². The van der Waals surface area contributed by atoms with Gasteiger partial charge in [-0.25, -0.2) is 13.8 Å². The predicted octanol–water partition coefficient (Wildman–Crippen LogP) is 8.91. The molecule has 0 saturated carbocycles. The van der Waals surface area contributed by atoms with Crippen molar-refractivity contribution in [1.29, 1.82) is 0 Å². The fraction of sp³-hybridized carbons (Fsp3) is 0.191. The Morgan fingerprint density at radius 2 is 1.05 bits per heavy atom. The Morgan fingerprint density at radius 3 is 1.59 bits per heavy atom. The molecule has 2 unspecified atom stereocenters. The molecule has 5 aromatic carbocycles. The molecule has 0 radical (unpaired) electrons. The molecule has 8 nitrogen and oxygen atoms in total. The van der Waals surface area contributed by atoms with E-state index in [2.05, 4.69) is 28.8 Å². The van der Waals surface area contributed by atoms with E-state index in [1.165, 1.54) is 12.1 Å². The summed E-state index contributed by atoms with van der Waals surface area (Å²) in [5, 5.41) is 16.2. The molecule has 2 aromatic heterocycles. The van der Waals surface area contributed by atoms with Crippen molar-refractivity contribution in [2.75, 3.05) is 0 Å². The Labute approximate surface area is 327 Å². The van der Waals surface area contributed by atoms with Gasteiger partial charge in [0.25, 0.3) is 0 Å². The Morgan fingerprint density at radius 1 is 0.571 bits per heavy atom. The third-order valence-electron chi connectivity index (χ3n) is 10.5. The Bertz CT molecular complexity index is 2490. The van der Waals surface area contributed by atoms with Crippen molar-refractivity contribution in [1.82, 2.24) is 30.2 Å². The molecule has 7 aromatic rings. The lowest BCUT2D eigenvalue weighted by molar-refractivity contribution is -0.129. The smallest absolute Gasteiger partial charge is 0.229 e. The van der Waals surface area contributed by atoms with Gasteiger partial charge in [-0.05, 0) is 105 Å². The molecule has 2 atom stereocenters. The fourth-order valence-corrected chi connectivity index (χ4v) is 7.66. The first-order chi connectivity index (χ1) is 27.1. The molecule has 2 amide bonds. The van der Waals surface area contributed by atoms with Crippen LogP contribution in [0.3, 0.4) is 0 Å². The first kappa shape index (κ1) is 37.7. The maximum absolute atomic E-state index is 15.1. The summed E-state index contributed by atoms with van der Waals surface area (Å²) in [7, 11) is 0. The summed E-state index contributed by atoms with van der Waals surface area (Å²) in [5.74, 6) is -3.17. The minimum Gasteiger partial charge on any atom is -0.351 e. The first-order valence-corrected chi connectivity index (χ1v) is 18.8. The molecule has 0 saturated heterocycles. The second-order valence-electron chi connectivity index (χ2n) is 14.2. The van der Waals surface area contributed by atoms with Crippen molar-refractivity contribution in [2.24, 2.45) is 0 Å². The van der Waals surface area contributed by atoms with Crippen LogP contribution in [0.25, 0.3) is 22.5 Å². The number of para-hydroxylation sites is 2. The minimum atomic E-state index is -1.04. The summed E-state index contributed by atoms with van der Waals surface area (Å²) in [4.78, 5) is 30.1. The maximum Gasteiger partial charge on any atom is 0.229 e. The average molecular weight is 745 g/mol. The molecule has 2 N–H and O–H groups in total. The normalized spacial score (nSPS) is 12.2. The first-order valence-electron chi connectivity index (χ1n) is 18.8. The summed E-state index contributed by atoms with van der Waals surface area (Å²) >= 11 is 0. The lowest BCUT2D eigenvalue weighted by Gasteiger charge is -2.27. The van der Waals surface area contributed by atoms with Crippen LogP contribution in [-0.4, -0.2) is 31.4 Å². The van der Waals surface area contributed by atoms with Crippen LogP contribution in [0.15, 0.2) is 133 Å². The second-order valence-corrected chi connectivity index (χ2v) is 14.2. The van der Waals surface area contributed by atoms with E-state index in [1.54, 1.807) is 6.07 Å². The van der Waals surface area contributed by atoms with Gasteiger partial charge in [0.2, 0.25) is 11.8 Å². The third-order valence-corrected chi connectivity index (χ3v) is 10.5. The van der Waals surface area contributed by atoms with E-state index < -0.39 is 11.8 Å². The van der Waals surface area contributed by atoms with Crippen molar-refractivity contribution >= 4 is 11.8 Å². The number of halogens is 1. The van der Waals surface area contributed by atoms with E-state index in [0.29, 0.717) is 28.1 Å². The van der Waals surface area contributed by atoms with Crippen molar-refractivity contribution in [3.05, 3.63) is 190 Å². The highest BCUT2D eigenvalue weighted by atomic mass is 19.1. The van der Waals surface area contributed by atoms with Crippen LogP contribution in [0.4, 0.5) is 4.39 Å². The van der Waals surface area contributed by atoms with E-state index >= 15 is 9.59 Å². The van der Waals surface area contributed by atoms with Crippen LogP contribution in [0, 0.1) is 40.4 Å². The number of carbonyl (C=O) groups is 2. The van der Waals surface area contributed by atoms with E-state index in [-0.39, 0.29) is 30.7 Å². The number of nitrogens with one attached hydrogen (secondary N) is 2. The Kier molecular flexibility index (Phi) is 11.0. The zero-order chi connectivity index (χ0) is 39.3. The van der Waals surface area contributed by atoms with Crippen LogP contribution >= 0.6 is 0 Å². The monoisotopic (exact) mass is 744 g/mol. The molecule has 0 fully saturated rings. The van der Waals surface area contributed by atoms with Gasteiger partial charge in [0.05, 0.1) is 34.6 Å². The molecule has 282 valence electrons. The number of aromatic nitrogens is 4. The quantitative estimate of drug-likeness (QED) is 0.131. The van der Waals surface area contributed by atoms with Gasteiger partial charge in [0, 0.05) is 35.6 Å². The molecule has 0 aliphatic rings. The van der Waals surface area contributed by atoms with Gasteiger partial charge in [-0.2, -0.15) is 10.2 Å². The highest BCUT2D eigenvalue weighted by molar-refractivity contribution is 5.95. The zero-order valence-corrected chi connectivity index (χ0v) is 32.3. The van der Waals surface area contributed by atoms with Crippen LogP contribution < -0.4 is 10.6 Å². The topological polar surface area (TPSA) is 93.8 Å². The predicted molar refractivity (Wildman–Crippen MR) is 218 cm³/mol. The highest BCUT2D eigenvalue weighted by Crippen LogP contribution is 2.41. The van der Waals surface area contributed by atoms with Crippen molar-refractivity contribution < 1.29 is 14.0 Å². The highest BCUT2D eigenvalue weighted by Gasteiger charge is 2.42. The van der Waals surface area contributed by atoms with Gasteiger partial charge in [-0.1, -0.05) is 91.0 Å². The van der Waals surface area contributed by atoms with E-state index in [1.807, 2.05) is 141 Å². The van der Waals surface area contributed by atoms with Gasteiger partial charge in [0.15, 0.2) is 0 Å². The van der Waals surface area contributed by atoms with Crippen LogP contribution in [0.2, 0.25) is 0 Å². The summed E-state index contributed by atoms with van der Waals surface area (Å²) in [5.41, 5.74) is 10.2. The number of aryl methyl sites for hydroxylation is 3. The SMILES string of the molecule is Cc1ccc(F)cc1CNC(=O)C(c1c(C)nn(-c2ccccc2)c1C)C(C(=O)NCc1cccc(-c2ccccc2)c1)c1c(C)nn(-c2ccccc2)c1C. The second kappa shape index (κ2) is 16.4. The summed E-state index contributed by atoms with van der Waals surface area (Å²) in [6.45, 7) is 9.80. The number of nitrogens with zero attached hydrogens (tertiary/aromatic N) is 4. The molecule has 0 spiro atoms. The van der Waals surface area contributed by atoms with Gasteiger partial charge >= 0.3 is 0 Å². The lowest BCUT2D eigenvalue weighted by Crippen LogP contribution is -2.40. The van der Waals surface area contributed by atoms with Gasteiger partial charge in [0.1, 0.15) is 5.82 Å². The molecule has 0 aliphatic carbocycles. The Balaban J connectivity index is 1.36. The van der Waals surface area contributed by atoms with E-state index in [0.717, 1.165) is 45.0 Å². The zero-order valence-electron chi connectivity index (χ0n) is 32.3. The molecular weight excluding hydrogens is 700 g/mol. The summed E-state index contributed by atoms with van der Waals surface area (Å²) < 4.78 is 18.1. The van der Waals surface area contributed by atoms with Crippen LogP contribution in [0.1, 0.15) is 62.4 Å². The molecule has 9 heteroatoms. The molecular formula is C47H45FN6O2. The largest absolute Gasteiger partial charge is 0.351 e. The summed E-state index contributed by atoms with van der Waals surface area (Å²) in [6.07, 6.45) is 0. The number of carbonyl (C=O) groups excluding carboxylic acids is 2. The number of amides is 2. The Hall–Kier alpha value is -6.61. The molecule has 56 heavy (non-hydrogen) atoms. The van der Waals surface area contributed by atoms with Gasteiger partial charge < -0.3 is 10.6 Å². The molecule has 7 rings (SSSR count). The lowest BCUT2D eigenvalue weighted by atomic mass is 9.78. The molecule has 0 aliphatic heterocycles. The molecule has 0 bridgehead atoms. The summed E-state index contributed by atoms with van der Waals surface area (Å²) in [6, 6.07) is 42.2. The van der Waals surface area contributed by atoms with Gasteiger partial charge in [-0.3, -0.25) is 9.59 Å². The number of hydrogen-bond donors (Lipinski definition) is 2. The number of rotatable bonds is 12. The number of benzene rings is 5. The average Bonchev–Trinajstić information content (AvgIpc) is 3.69. The number of hydrogen-bond acceptors (Lipinski definition) is 4. The van der Waals surface area contributed by atoms with Gasteiger partial charge in [-0.15, -0.1) is 0 Å². The third kappa shape index (κ3) is 7.79. The van der Waals surface area contributed by atoms with Crippen LogP contribution in [-0.2, 0) is 22.7 Å². The maximum atomic E-state index is 15.1. The fourth-order valence-electron chi connectivity index (χ4n) is 7.66. The standard InChI is InChI=1S/C47H45FN6O2/c1-30-24-25-39(48)27-38(30)29-50-47(56)45(43-32(3)52-54(34(43)5)41-22-13-8-14-23-41)44(42-31(2)51-53(33(42)4)40-20-11-7-12-21-40)46(55)49-28-35-16-15-19-37(26-35)36-17-9-6-10-18-36/h6-27,44-45H,28-29H2,1-5H3,(H,49,55)(H,50,56). The van der Waals surface area contributed by atoms with E-state index in [9.17, 15) is 4.39 Å². The minimum absolute atomic E-state index is 0.0751. The molecule has 2 heterocycles.